The van der Waals surface area contributed by atoms with Gasteiger partial charge in [0.2, 0.25) is 11.8 Å². The predicted molar refractivity (Wildman–Crippen MR) is 177 cm³/mol. The van der Waals surface area contributed by atoms with Gasteiger partial charge in [-0.3, -0.25) is 0 Å². The van der Waals surface area contributed by atoms with E-state index in [1.165, 1.54) is 22.7 Å². The maximum Gasteiger partial charge on any atom is 0.248 e. The molecule has 10 nitrogen and oxygen atoms in total. The van der Waals surface area contributed by atoms with Crippen molar-refractivity contribution in [3.63, 3.8) is 0 Å². The highest BCUT2D eigenvalue weighted by atomic mass is 32.1. The van der Waals surface area contributed by atoms with Gasteiger partial charge in [-0.15, -0.1) is 22.7 Å². The summed E-state index contributed by atoms with van der Waals surface area (Å²) in [5, 5.41) is 32.9. The molecule has 2 aliphatic rings. The number of rotatable bonds is 11. The number of alkyl halides is 4. The van der Waals surface area contributed by atoms with E-state index in [1.807, 2.05) is 17.7 Å². The molecule has 4 aromatic heterocycles. The summed E-state index contributed by atoms with van der Waals surface area (Å²) in [5.74, 6) is -3.73. The number of nitrogens with one attached hydrogen (secondary N) is 2. The summed E-state index contributed by atoms with van der Waals surface area (Å²) in [6.45, 7) is 3.46. The number of thiazole rings is 2. The Kier molecular flexibility index (Phi) is 10.3. The maximum absolute atomic E-state index is 13.7. The molecule has 0 spiro atoms. The van der Waals surface area contributed by atoms with E-state index in [2.05, 4.69) is 40.5 Å². The molecule has 6 rings (SSSR count). The molecule has 48 heavy (non-hydrogen) atoms. The first-order valence-corrected chi connectivity index (χ1v) is 17.9. The van der Waals surface area contributed by atoms with Crippen molar-refractivity contribution >= 4 is 34.3 Å². The van der Waals surface area contributed by atoms with E-state index >= 15 is 0 Å². The lowest BCUT2D eigenvalue weighted by Crippen LogP contribution is -2.32. The van der Waals surface area contributed by atoms with Crippen LogP contribution in [0.5, 0.6) is 0 Å². The number of hydrogen-bond acceptors (Lipinski definition) is 12. The number of nitrogens with zero attached hydrogens (tertiary/aromatic N) is 6. The Labute approximate surface area is 283 Å². The molecular weight excluding hydrogens is 669 g/mol. The Morgan fingerprint density at radius 2 is 1.25 bits per heavy atom. The van der Waals surface area contributed by atoms with E-state index in [1.54, 1.807) is 19.1 Å². The summed E-state index contributed by atoms with van der Waals surface area (Å²) >= 11 is 2.71. The van der Waals surface area contributed by atoms with Gasteiger partial charge in [0.05, 0.1) is 29.3 Å². The summed E-state index contributed by atoms with van der Waals surface area (Å²) in [6, 6.07) is 2.96. The first-order chi connectivity index (χ1) is 22.8. The van der Waals surface area contributed by atoms with Crippen LogP contribution in [0.25, 0.3) is 21.7 Å². The van der Waals surface area contributed by atoms with Gasteiger partial charge in [0, 0.05) is 66.4 Å². The predicted octanol–water partition coefficient (Wildman–Crippen LogP) is 7.52. The summed E-state index contributed by atoms with van der Waals surface area (Å²) in [6.07, 6.45) is -0.636. The van der Waals surface area contributed by atoms with Gasteiger partial charge in [-0.05, 0) is 52.4 Å². The van der Waals surface area contributed by atoms with Crippen molar-refractivity contribution in [2.24, 2.45) is 0 Å². The lowest BCUT2D eigenvalue weighted by Gasteiger charge is -2.29. The number of anilines is 2. The number of hydrogen-bond donors (Lipinski definition) is 4. The monoisotopic (exact) mass is 706 g/mol. The van der Waals surface area contributed by atoms with Crippen molar-refractivity contribution in [1.82, 2.24) is 29.9 Å². The van der Waals surface area contributed by atoms with E-state index < -0.39 is 24.1 Å². The zero-order chi connectivity index (χ0) is 34.1. The van der Waals surface area contributed by atoms with Gasteiger partial charge in [-0.1, -0.05) is 0 Å². The van der Waals surface area contributed by atoms with E-state index in [0.717, 1.165) is 5.69 Å². The van der Waals surface area contributed by atoms with Crippen LogP contribution in [-0.2, 0) is 6.42 Å². The maximum atomic E-state index is 13.7. The Balaban J connectivity index is 1.15. The molecular formula is C32H38F4N8O2S2. The molecule has 2 aliphatic carbocycles. The fraction of sp³-hybridized carbons (Fsp3) is 0.562. The van der Waals surface area contributed by atoms with Gasteiger partial charge in [-0.25, -0.2) is 47.5 Å². The zero-order valence-corrected chi connectivity index (χ0v) is 28.2. The average Bonchev–Trinajstić information content (AvgIpc) is 3.71. The van der Waals surface area contributed by atoms with Crippen molar-refractivity contribution in [3.05, 3.63) is 45.7 Å². The van der Waals surface area contributed by atoms with Gasteiger partial charge in [0.15, 0.2) is 21.7 Å². The zero-order valence-electron chi connectivity index (χ0n) is 26.6. The normalized spacial score (nSPS) is 19.6. The van der Waals surface area contributed by atoms with Gasteiger partial charge in [0.25, 0.3) is 0 Å². The Hall–Kier alpha value is -3.34. The third kappa shape index (κ3) is 8.81. The number of aliphatic hydroxyl groups is 2. The lowest BCUT2D eigenvalue weighted by molar-refractivity contribution is -0.0366. The number of aryl methyl sites for hydroxylation is 2. The molecule has 0 aromatic carbocycles. The molecule has 0 bridgehead atoms. The summed E-state index contributed by atoms with van der Waals surface area (Å²) in [7, 11) is 0. The fourth-order valence-corrected chi connectivity index (χ4v) is 7.37. The van der Waals surface area contributed by atoms with Crippen LogP contribution >= 0.6 is 22.7 Å². The van der Waals surface area contributed by atoms with E-state index in [-0.39, 0.29) is 37.8 Å². The summed E-state index contributed by atoms with van der Waals surface area (Å²) in [5.41, 5.74) is 2.29. The number of halogens is 4. The Morgan fingerprint density at radius 1 is 0.750 bits per heavy atom. The fourth-order valence-electron chi connectivity index (χ4n) is 5.86. The highest BCUT2D eigenvalue weighted by Crippen LogP contribution is 2.36. The van der Waals surface area contributed by atoms with Crippen molar-refractivity contribution in [2.75, 3.05) is 10.6 Å². The molecule has 2 fully saturated rings. The molecule has 2 saturated carbocycles. The highest BCUT2D eigenvalue weighted by Gasteiger charge is 2.36. The van der Waals surface area contributed by atoms with Crippen molar-refractivity contribution in [3.8, 4) is 21.7 Å². The molecule has 0 amide bonds. The Morgan fingerprint density at radius 3 is 1.77 bits per heavy atom. The topological polar surface area (TPSA) is 142 Å². The first kappa shape index (κ1) is 34.5. The third-order valence-corrected chi connectivity index (χ3v) is 10.5. The van der Waals surface area contributed by atoms with E-state index in [9.17, 15) is 27.8 Å². The standard InChI is InChI=1S/C32H38F4N8O2S2/c1-17-15-47-29(37-17)27-42-23(14-26(44-27)39-20-7-11-32(35,36)12-8-20)24(46)4-3-21-16-48-30(40-21)28-41-22(18(2)45)13-25(43-28)38-19-5-9-31(33,34)10-6-19/h13-16,18-20,24,45-46H,3-12H2,1-2H3,(H,38,41,43)(H,39,42,44)/t18-,24+/m0/s1. The largest absolute Gasteiger partial charge is 0.387 e. The van der Waals surface area contributed by atoms with E-state index in [4.69, 9.17) is 0 Å². The van der Waals surface area contributed by atoms with Gasteiger partial charge < -0.3 is 20.8 Å². The average molecular weight is 707 g/mol. The quantitative estimate of drug-likeness (QED) is 0.116. The van der Waals surface area contributed by atoms with Gasteiger partial charge >= 0.3 is 0 Å². The van der Waals surface area contributed by atoms with Crippen LogP contribution in [0.1, 0.15) is 99.7 Å². The van der Waals surface area contributed by atoms with Crippen molar-refractivity contribution < 1.29 is 27.8 Å². The summed E-state index contributed by atoms with van der Waals surface area (Å²) in [4.78, 5) is 27.5. The van der Waals surface area contributed by atoms with Crippen LogP contribution in [0.15, 0.2) is 22.9 Å². The van der Waals surface area contributed by atoms with Crippen LogP contribution < -0.4 is 10.6 Å². The Bertz CT molecular complexity index is 1700. The van der Waals surface area contributed by atoms with Crippen molar-refractivity contribution in [2.45, 2.75) is 114 Å². The molecule has 0 radical (unpaired) electrons. The minimum Gasteiger partial charge on any atom is -0.387 e. The summed E-state index contributed by atoms with van der Waals surface area (Å²) < 4.78 is 54.8. The number of aliphatic hydroxyl groups excluding tert-OH is 2. The molecule has 4 heterocycles. The molecule has 0 saturated heterocycles. The SMILES string of the molecule is Cc1csc(-c2nc(NC3CCC(F)(F)CC3)cc([C@H](O)CCc3csc(-c4nc(NC5CCC(F)(F)CC5)cc([C@H](C)O)n4)n3)n2)n1. The van der Waals surface area contributed by atoms with Gasteiger partial charge in [0.1, 0.15) is 11.6 Å². The van der Waals surface area contributed by atoms with Crippen LogP contribution in [0.3, 0.4) is 0 Å². The molecule has 2 atom stereocenters. The second-order valence-electron chi connectivity index (χ2n) is 12.7. The second-order valence-corrected chi connectivity index (χ2v) is 14.4. The van der Waals surface area contributed by atoms with Crippen LogP contribution in [0.4, 0.5) is 29.2 Å². The molecule has 0 unspecified atom stereocenters. The van der Waals surface area contributed by atoms with E-state index in [0.29, 0.717) is 88.9 Å². The first-order valence-electron chi connectivity index (χ1n) is 16.1. The molecule has 4 N–H and O–H groups in total. The smallest absolute Gasteiger partial charge is 0.248 e. The molecule has 4 aromatic rings. The second kappa shape index (κ2) is 14.3. The van der Waals surface area contributed by atoms with Crippen LogP contribution in [0, 0.1) is 6.92 Å². The minimum atomic E-state index is -2.65. The third-order valence-electron chi connectivity index (χ3n) is 8.63. The molecule has 258 valence electrons. The number of aromatic nitrogens is 6. The van der Waals surface area contributed by atoms with Gasteiger partial charge in [-0.2, -0.15) is 0 Å². The van der Waals surface area contributed by atoms with Crippen LogP contribution in [0.2, 0.25) is 0 Å². The lowest BCUT2D eigenvalue weighted by atomic mass is 9.92. The van der Waals surface area contributed by atoms with Crippen molar-refractivity contribution in [1.29, 1.82) is 0 Å². The molecule has 0 aliphatic heterocycles. The highest BCUT2D eigenvalue weighted by molar-refractivity contribution is 7.13. The molecule has 16 heteroatoms. The van der Waals surface area contributed by atoms with Crippen LogP contribution in [-0.4, -0.2) is 64.0 Å². The minimum absolute atomic E-state index is 0.160.